The maximum absolute atomic E-state index is 12.6. The molecule has 1 aliphatic heterocycles. The fourth-order valence-corrected chi connectivity index (χ4v) is 1.74. The van der Waals surface area contributed by atoms with E-state index in [9.17, 15) is 18.0 Å². The largest absolute Gasteiger partial charge is 0.415 e. The Hall–Kier alpha value is -0.780. The number of carbonyl (C=O) groups is 1. The van der Waals surface area contributed by atoms with Crippen molar-refractivity contribution in [2.24, 2.45) is 11.1 Å². The number of alkyl halides is 3. The third kappa shape index (κ3) is 2.31. The van der Waals surface area contributed by atoms with Crippen molar-refractivity contribution >= 4 is 5.91 Å². The van der Waals surface area contributed by atoms with E-state index in [-0.39, 0.29) is 5.41 Å². The molecule has 0 aromatic rings. The number of hydrogen-bond donors (Lipinski definition) is 1. The van der Waals surface area contributed by atoms with Gasteiger partial charge in [-0.15, -0.1) is 0 Å². The highest BCUT2D eigenvalue weighted by Crippen LogP contribution is 2.34. The van der Waals surface area contributed by atoms with Gasteiger partial charge in [0.1, 0.15) is 0 Å². The first-order valence-corrected chi connectivity index (χ1v) is 5.12. The summed E-state index contributed by atoms with van der Waals surface area (Å²) in [6, 6.07) is 0. The second kappa shape index (κ2) is 3.61. The lowest BCUT2D eigenvalue weighted by Gasteiger charge is -2.31. The Bertz CT molecular complexity index is 297. The predicted octanol–water partition coefficient (Wildman–Crippen LogP) is 1.52. The zero-order valence-corrected chi connectivity index (χ0v) is 9.69. The van der Waals surface area contributed by atoms with Crippen LogP contribution in [0.1, 0.15) is 27.2 Å². The van der Waals surface area contributed by atoms with Gasteiger partial charge < -0.3 is 10.6 Å². The maximum Gasteiger partial charge on any atom is 0.415 e. The topological polar surface area (TPSA) is 46.3 Å². The third-order valence-electron chi connectivity index (χ3n) is 3.00. The highest BCUT2D eigenvalue weighted by atomic mass is 19.4. The quantitative estimate of drug-likeness (QED) is 0.753. The van der Waals surface area contributed by atoms with E-state index in [1.54, 1.807) is 0 Å². The molecule has 1 saturated heterocycles. The number of nitrogens with zero attached hydrogens (tertiary/aromatic N) is 1. The molecule has 0 radical (unpaired) electrons. The van der Waals surface area contributed by atoms with E-state index in [4.69, 9.17) is 5.73 Å². The van der Waals surface area contributed by atoms with Gasteiger partial charge in [-0.2, -0.15) is 13.2 Å². The molecule has 2 N–H and O–H groups in total. The summed E-state index contributed by atoms with van der Waals surface area (Å²) in [5, 5.41) is 0. The van der Waals surface area contributed by atoms with Crippen molar-refractivity contribution in [3.8, 4) is 0 Å². The van der Waals surface area contributed by atoms with Crippen molar-refractivity contribution in [3.63, 3.8) is 0 Å². The van der Waals surface area contributed by atoms with Crippen molar-refractivity contribution in [2.45, 2.75) is 38.9 Å². The van der Waals surface area contributed by atoms with Gasteiger partial charge in [0, 0.05) is 13.1 Å². The van der Waals surface area contributed by atoms with Gasteiger partial charge in [0.15, 0.2) is 5.54 Å². The summed E-state index contributed by atoms with van der Waals surface area (Å²) < 4.78 is 37.7. The fraction of sp³-hybridized carbons (Fsp3) is 0.900. The normalized spacial score (nSPS) is 24.3. The molecule has 16 heavy (non-hydrogen) atoms. The van der Waals surface area contributed by atoms with Crippen LogP contribution in [0.3, 0.4) is 0 Å². The van der Waals surface area contributed by atoms with E-state index in [1.807, 2.05) is 13.8 Å². The Morgan fingerprint density at radius 2 is 1.88 bits per heavy atom. The molecule has 1 rings (SSSR count). The van der Waals surface area contributed by atoms with Crippen LogP contribution in [0, 0.1) is 5.41 Å². The standard InChI is InChI=1S/C10H17F3N2O/c1-8(2)4-5-15(6-8)7(16)9(3,14)10(11,12)13/h4-6,14H2,1-3H3/t9-/m0/s1. The monoisotopic (exact) mass is 238 g/mol. The first kappa shape index (κ1) is 13.3. The zero-order valence-electron chi connectivity index (χ0n) is 9.69. The van der Waals surface area contributed by atoms with E-state index in [0.29, 0.717) is 19.5 Å². The predicted molar refractivity (Wildman–Crippen MR) is 53.6 cm³/mol. The first-order valence-electron chi connectivity index (χ1n) is 5.12. The molecule has 1 atom stereocenters. The SMILES string of the molecule is CC1(C)CCN(C(=O)[C@](C)(N)C(F)(F)F)C1. The molecule has 0 saturated carbocycles. The second-order valence-corrected chi connectivity index (χ2v) is 5.34. The van der Waals surface area contributed by atoms with Gasteiger partial charge in [0.2, 0.25) is 0 Å². The Morgan fingerprint density at radius 3 is 2.19 bits per heavy atom. The minimum Gasteiger partial charge on any atom is -0.340 e. The highest BCUT2D eigenvalue weighted by Gasteiger charge is 2.56. The molecule has 94 valence electrons. The minimum absolute atomic E-state index is 0.128. The molecule has 1 heterocycles. The summed E-state index contributed by atoms with van der Waals surface area (Å²) in [5.41, 5.74) is 2.18. The van der Waals surface area contributed by atoms with Crippen molar-refractivity contribution in [1.29, 1.82) is 0 Å². The zero-order chi connectivity index (χ0) is 12.8. The summed E-state index contributed by atoms with van der Waals surface area (Å²) in [6.45, 7) is 5.23. The van der Waals surface area contributed by atoms with Crippen LogP contribution in [-0.4, -0.2) is 35.6 Å². The number of nitrogens with two attached hydrogens (primary N) is 1. The molecule has 0 bridgehead atoms. The second-order valence-electron chi connectivity index (χ2n) is 5.34. The molecular formula is C10H17F3N2O. The molecular weight excluding hydrogens is 221 g/mol. The molecule has 0 aromatic carbocycles. The Balaban J connectivity index is 2.81. The van der Waals surface area contributed by atoms with Gasteiger partial charge in [0.25, 0.3) is 5.91 Å². The van der Waals surface area contributed by atoms with Gasteiger partial charge in [-0.3, -0.25) is 4.79 Å². The number of amides is 1. The average Bonchev–Trinajstić information content (AvgIpc) is 2.42. The van der Waals surface area contributed by atoms with Crippen molar-refractivity contribution in [2.75, 3.05) is 13.1 Å². The van der Waals surface area contributed by atoms with E-state index in [1.165, 1.54) is 4.90 Å². The van der Waals surface area contributed by atoms with Crippen LogP contribution in [0.25, 0.3) is 0 Å². The number of hydrogen-bond acceptors (Lipinski definition) is 2. The minimum atomic E-state index is -4.71. The van der Waals surface area contributed by atoms with Crippen LogP contribution in [0.5, 0.6) is 0 Å². The van der Waals surface area contributed by atoms with Gasteiger partial charge >= 0.3 is 6.18 Å². The van der Waals surface area contributed by atoms with Crippen LogP contribution >= 0.6 is 0 Å². The first-order chi connectivity index (χ1) is 6.97. The van der Waals surface area contributed by atoms with Crippen molar-refractivity contribution in [1.82, 2.24) is 4.90 Å². The molecule has 1 aliphatic rings. The molecule has 1 amide bonds. The molecule has 3 nitrogen and oxygen atoms in total. The van der Waals surface area contributed by atoms with E-state index >= 15 is 0 Å². The molecule has 1 fully saturated rings. The van der Waals surface area contributed by atoms with Gasteiger partial charge in [-0.05, 0) is 18.8 Å². The summed E-state index contributed by atoms with van der Waals surface area (Å²) >= 11 is 0. The molecule has 0 aliphatic carbocycles. The maximum atomic E-state index is 12.6. The molecule has 6 heteroatoms. The molecule has 0 aromatic heterocycles. The lowest BCUT2D eigenvalue weighted by Crippen LogP contribution is -2.61. The van der Waals surface area contributed by atoms with Gasteiger partial charge in [-0.25, -0.2) is 0 Å². The average molecular weight is 238 g/mol. The highest BCUT2D eigenvalue weighted by molar-refractivity contribution is 5.87. The Morgan fingerprint density at radius 1 is 1.38 bits per heavy atom. The van der Waals surface area contributed by atoms with Crippen molar-refractivity contribution in [3.05, 3.63) is 0 Å². The fourth-order valence-electron chi connectivity index (χ4n) is 1.74. The molecule has 0 unspecified atom stereocenters. The third-order valence-corrected chi connectivity index (χ3v) is 3.00. The lowest BCUT2D eigenvalue weighted by molar-refractivity contribution is -0.193. The smallest absolute Gasteiger partial charge is 0.340 e. The Labute approximate surface area is 92.8 Å². The lowest BCUT2D eigenvalue weighted by atomic mass is 9.93. The summed E-state index contributed by atoms with van der Waals surface area (Å²) in [7, 11) is 0. The van der Waals surface area contributed by atoms with Gasteiger partial charge in [0.05, 0.1) is 0 Å². The van der Waals surface area contributed by atoms with Crippen LogP contribution in [0.4, 0.5) is 13.2 Å². The Kier molecular flexibility index (Phi) is 3.00. The van der Waals surface area contributed by atoms with Crippen LogP contribution in [-0.2, 0) is 4.79 Å². The number of likely N-dealkylation sites (tertiary alicyclic amines) is 1. The summed E-state index contributed by atoms with van der Waals surface area (Å²) in [5.74, 6) is -1.04. The van der Waals surface area contributed by atoms with Crippen LogP contribution in [0.2, 0.25) is 0 Å². The number of rotatable bonds is 1. The van der Waals surface area contributed by atoms with Gasteiger partial charge in [-0.1, -0.05) is 13.8 Å². The van der Waals surface area contributed by atoms with E-state index in [0.717, 1.165) is 6.92 Å². The number of halogens is 3. The van der Waals surface area contributed by atoms with E-state index in [2.05, 4.69) is 0 Å². The number of carbonyl (C=O) groups excluding carboxylic acids is 1. The summed E-state index contributed by atoms with van der Waals surface area (Å²) in [6.07, 6.45) is -4.01. The molecule has 0 spiro atoms. The van der Waals surface area contributed by atoms with Crippen LogP contribution in [0.15, 0.2) is 0 Å². The van der Waals surface area contributed by atoms with Crippen molar-refractivity contribution < 1.29 is 18.0 Å². The van der Waals surface area contributed by atoms with Crippen LogP contribution < -0.4 is 5.73 Å². The van der Waals surface area contributed by atoms with E-state index < -0.39 is 17.6 Å². The summed E-state index contributed by atoms with van der Waals surface area (Å²) in [4.78, 5) is 12.9.